The lowest BCUT2D eigenvalue weighted by Gasteiger charge is -2.09. The van der Waals surface area contributed by atoms with Crippen molar-refractivity contribution in [2.45, 2.75) is 33.1 Å². The number of thiocarbonyl (C=S) groups is 1. The van der Waals surface area contributed by atoms with Gasteiger partial charge in [-0.2, -0.15) is 4.80 Å². The highest BCUT2D eigenvalue weighted by molar-refractivity contribution is 7.80. The second-order valence-electron chi connectivity index (χ2n) is 6.22. The highest BCUT2D eigenvalue weighted by atomic mass is 35.5. The van der Waals surface area contributed by atoms with Crippen molar-refractivity contribution in [1.29, 1.82) is 0 Å². The van der Waals surface area contributed by atoms with Crippen LogP contribution in [0.5, 0.6) is 0 Å². The fraction of sp³-hybridized carbons (Fsp3) is 0.263. The number of fused-ring (bicyclic) bond motifs is 1. The van der Waals surface area contributed by atoms with Crippen molar-refractivity contribution in [3.8, 4) is 5.69 Å². The highest BCUT2D eigenvalue weighted by Gasteiger charge is 2.11. The molecular formula is C19H20ClN5OS. The van der Waals surface area contributed by atoms with Gasteiger partial charge in [0.15, 0.2) is 5.11 Å². The van der Waals surface area contributed by atoms with Gasteiger partial charge in [0, 0.05) is 6.92 Å². The number of rotatable bonds is 5. The molecule has 6 nitrogen and oxygen atoms in total. The van der Waals surface area contributed by atoms with Gasteiger partial charge in [-0.05, 0) is 54.9 Å². The minimum atomic E-state index is -0.252. The van der Waals surface area contributed by atoms with E-state index in [1.165, 1.54) is 25.3 Å². The van der Waals surface area contributed by atoms with Crippen LogP contribution >= 0.6 is 23.8 Å². The molecule has 140 valence electrons. The van der Waals surface area contributed by atoms with Crippen molar-refractivity contribution < 1.29 is 4.79 Å². The molecule has 0 saturated carbocycles. The molecule has 1 aromatic heterocycles. The number of unbranched alkanes of at least 4 members (excludes halogenated alkanes) is 1. The number of halogens is 1. The van der Waals surface area contributed by atoms with E-state index in [9.17, 15) is 4.79 Å². The second-order valence-corrected chi connectivity index (χ2v) is 7.03. The van der Waals surface area contributed by atoms with Crippen molar-refractivity contribution in [3.05, 3.63) is 47.0 Å². The zero-order valence-electron chi connectivity index (χ0n) is 15.1. The largest absolute Gasteiger partial charge is 0.331 e. The molecule has 2 N–H and O–H groups in total. The molecule has 1 amide bonds. The van der Waals surface area contributed by atoms with E-state index in [-0.39, 0.29) is 11.0 Å². The molecule has 3 aromatic rings. The van der Waals surface area contributed by atoms with Gasteiger partial charge in [0.25, 0.3) is 0 Å². The van der Waals surface area contributed by atoms with Gasteiger partial charge in [0.05, 0.1) is 16.4 Å². The Balaban J connectivity index is 1.84. The zero-order valence-corrected chi connectivity index (χ0v) is 16.7. The lowest BCUT2D eigenvalue weighted by Crippen LogP contribution is -2.32. The van der Waals surface area contributed by atoms with Crippen LogP contribution in [0.2, 0.25) is 5.02 Å². The molecule has 0 aliphatic carbocycles. The summed E-state index contributed by atoms with van der Waals surface area (Å²) in [7, 11) is 0. The predicted molar refractivity (Wildman–Crippen MR) is 113 cm³/mol. The number of nitrogens with zero attached hydrogens (tertiary/aromatic N) is 3. The van der Waals surface area contributed by atoms with Crippen LogP contribution in [0.25, 0.3) is 16.7 Å². The van der Waals surface area contributed by atoms with E-state index in [1.54, 1.807) is 16.9 Å². The number of hydrogen-bond acceptors (Lipinski definition) is 4. The van der Waals surface area contributed by atoms with Crippen LogP contribution in [0.15, 0.2) is 36.4 Å². The monoisotopic (exact) mass is 401 g/mol. The summed E-state index contributed by atoms with van der Waals surface area (Å²) in [5.74, 6) is -0.252. The molecule has 27 heavy (non-hydrogen) atoms. The van der Waals surface area contributed by atoms with Gasteiger partial charge in [-0.15, -0.1) is 10.2 Å². The number of carbonyl (C=O) groups excluding carboxylic acids is 1. The molecule has 0 aliphatic rings. The molecular weight excluding hydrogens is 382 g/mol. The Morgan fingerprint density at radius 3 is 2.48 bits per heavy atom. The van der Waals surface area contributed by atoms with Crippen LogP contribution in [0.3, 0.4) is 0 Å². The number of aromatic nitrogens is 3. The molecule has 8 heteroatoms. The highest BCUT2D eigenvalue weighted by Crippen LogP contribution is 2.27. The normalized spacial score (nSPS) is 10.8. The van der Waals surface area contributed by atoms with Gasteiger partial charge in [0.1, 0.15) is 11.0 Å². The Morgan fingerprint density at radius 2 is 1.85 bits per heavy atom. The van der Waals surface area contributed by atoms with Gasteiger partial charge in [-0.25, -0.2) is 0 Å². The standard InChI is InChI=1S/C19H20ClN5OS/c1-3-4-5-13-6-8-14(9-7-13)25-23-17-10-15(20)16(11-18(17)24-25)22-19(27)21-12(2)26/h6-11H,3-5H2,1-2H3,(H2,21,22,26,27). The first-order chi connectivity index (χ1) is 13.0. The smallest absolute Gasteiger partial charge is 0.222 e. The quantitative estimate of drug-likeness (QED) is 0.625. The summed E-state index contributed by atoms with van der Waals surface area (Å²) in [5, 5.41) is 15.0. The average Bonchev–Trinajstić information content (AvgIpc) is 3.02. The first-order valence-electron chi connectivity index (χ1n) is 8.70. The molecule has 0 atom stereocenters. The number of nitrogens with one attached hydrogen (secondary N) is 2. The first kappa shape index (κ1) is 19.3. The Labute approximate surface area is 167 Å². The third kappa shape index (κ3) is 4.81. The Hall–Kier alpha value is -2.51. The Morgan fingerprint density at radius 1 is 1.19 bits per heavy atom. The summed E-state index contributed by atoms with van der Waals surface area (Å²) in [4.78, 5) is 12.7. The first-order valence-corrected chi connectivity index (χ1v) is 9.49. The van der Waals surface area contributed by atoms with Gasteiger partial charge >= 0.3 is 0 Å². The third-order valence-electron chi connectivity index (χ3n) is 3.99. The summed E-state index contributed by atoms with van der Waals surface area (Å²) in [6.07, 6.45) is 3.43. The Kier molecular flexibility index (Phi) is 6.03. The number of aryl methyl sites for hydroxylation is 1. The number of anilines is 1. The number of carbonyl (C=O) groups is 1. The number of hydrogen-bond donors (Lipinski definition) is 2. The van der Waals surface area contributed by atoms with Crippen LogP contribution in [-0.2, 0) is 11.2 Å². The summed E-state index contributed by atoms with van der Waals surface area (Å²) in [5.41, 5.74) is 4.09. The van der Waals surface area contributed by atoms with Crippen molar-refractivity contribution in [2.24, 2.45) is 0 Å². The third-order valence-corrected chi connectivity index (χ3v) is 4.51. The van der Waals surface area contributed by atoms with E-state index < -0.39 is 0 Å². The lowest BCUT2D eigenvalue weighted by molar-refractivity contribution is -0.117. The van der Waals surface area contributed by atoms with Crippen molar-refractivity contribution in [2.75, 3.05) is 5.32 Å². The van der Waals surface area contributed by atoms with E-state index in [2.05, 4.69) is 39.9 Å². The average molecular weight is 402 g/mol. The lowest BCUT2D eigenvalue weighted by atomic mass is 10.1. The minimum absolute atomic E-state index is 0.179. The van der Waals surface area contributed by atoms with E-state index in [0.717, 1.165) is 12.1 Å². The second kappa shape index (κ2) is 8.45. The predicted octanol–water partition coefficient (Wildman–Crippen LogP) is 4.25. The summed E-state index contributed by atoms with van der Waals surface area (Å²) in [6, 6.07) is 11.7. The Bertz CT molecular complexity index is 984. The van der Waals surface area contributed by atoms with Gasteiger partial charge in [-0.3, -0.25) is 4.79 Å². The molecule has 0 bridgehead atoms. The van der Waals surface area contributed by atoms with E-state index in [0.29, 0.717) is 21.7 Å². The van der Waals surface area contributed by atoms with Crippen molar-refractivity contribution in [1.82, 2.24) is 20.3 Å². The SMILES string of the molecule is CCCCc1ccc(-n2nc3cc(Cl)c(NC(=S)NC(C)=O)cc3n2)cc1. The molecule has 0 aliphatic heterocycles. The van der Waals surface area contributed by atoms with E-state index >= 15 is 0 Å². The maximum Gasteiger partial charge on any atom is 0.222 e. The van der Waals surface area contributed by atoms with Crippen LogP contribution in [0.4, 0.5) is 5.69 Å². The summed E-state index contributed by atoms with van der Waals surface area (Å²) >= 11 is 11.4. The van der Waals surface area contributed by atoms with Crippen LogP contribution < -0.4 is 10.6 Å². The van der Waals surface area contributed by atoms with Crippen molar-refractivity contribution in [3.63, 3.8) is 0 Å². The molecule has 0 saturated heterocycles. The van der Waals surface area contributed by atoms with E-state index in [1.807, 2.05) is 12.1 Å². The van der Waals surface area contributed by atoms with Gasteiger partial charge in [0.2, 0.25) is 5.91 Å². The van der Waals surface area contributed by atoms with E-state index in [4.69, 9.17) is 23.8 Å². The molecule has 0 unspecified atom stereocenters. The molecule has 0 fully saturated rings. The molecule has 2 aromatic carbocycles. The van der Waals surface area contributed by atoms with Gasteiger partial charge < -0.3 is 10.6 Å². The van der Waals surface area contributed by atoms with Crippen LogP contribution in [-0.4, -0.2) is 26.0 Å². The topological polar surface area (TPSA) is 71.8 Å². The molecule has 0 radical (unpaired) electrons. The number of benzene rings is 2. The van der Waals surface area contributed by atoms with Crippen LogP contribution in [0, 0.1) is 0 Å². The fourth-order valence-electron chi connectivity index (χ4n) is 2.64. The maximum atomic E-state index is 11.1. The summed E-state index contributed by atoms with van der Waals surface area (Å²) in [6.45, 7) is 3.57. The van der Waals surface area contributed by atoms with Crippen molar-refractivity contribution >= 4 is 51.6 Å². The molecule has 1 heterocycles. The summed E-state index contributed by atoms with van der Waals surface area (Å²) < 4.78 is 0. The minimum Gasteiger partial charge on any atom is -0.331 e. The molecule has 3 rings (SSSR count). The number of amides is 1. The maximum absolute atomic E-state index is 11.1. The fourth-order valence-corrected chi connectivity index (χ4v) is 3.10. The zero-order chi connectivity index (χ0) is 19.4. The molecule has 0 spiro atoms. The van der Waals surface area contributed by atoms with Gasteiger partial charge in [-0.1, -0.05) is 37.1 Å². The van der Waals surface area contributed by atoms with Crippen LogP contribution in [0.1, 0.15) is 32.3 Å².